The molecule has 4 N–H and O–H groups in total. The van der Waals surface area contributed by atoms with Crippen LogP contribution in [0.5, 0.6) is 5.75 Å². The fourth-order valence-corrected chi connectivity index (χ4v) is 2.40. The second kappa shape index (κ2) is 9.53. The zero-order valence-corrected chi connectivity index (χ0v) is 15.5. The van der Waals surface area contributed by atoms with Gasteiger partial charge in [0.25, 0.3) is 5.91 Å². The van der Waals surface area contributed by atoms with E-state index in [9.17, 15) is 9.59 Å². The molecule has 0 bridgehead atoms. The zero-order valence-electron chi connectivity index (χ0n) is 15.5. The third kappa shape index (κ3) is 5.96. The summed E-state index contributed by atoms with van der Waals surface area (Å²) in [6, 6.07) is 5.92. The molecule has 10 nitrogen and oxygen atoms in total. The van der Waals surface area contributed by atoms with Crippen LogP contribution in [0.2, 0.25) is 0 Å². The van der Waals surface area contributed by atoms with Crippen molar-refractivity contribution in [3.05, 3.63) is 36.2 Å². The molecule has 0 radical (unpaired) electrons. The molecule has 2 rings (SSSR count). The topological polar surface area (TPSA) is 130 Å². The van der Waals surface area contributed by atoms with Crippen molar-refractivity contribution >= 4 is 11.9 Å². The van der Waals surface area contributed by atoms with Crippen molar-refractivity contribution in [2.24, 2.45) is 5.92 Å². The monoisotopic (exact) mass is 376 g/mol. The largest absolute Gasteiger partial charge is 0.497 e. The molecular weight excluding hydrogens is 352 g/mol. The maximum Gasteiger partial charge on any atom is 0.315 e. The molecular formula is C17H24N6O4. The van der Waals surface area contributed by atoms with Gasteiger partial charge in [-0.1, -0.05) is 19.1 Å². The van der Waals surface area contributed by atoms with Gasteiger partial charge in [-0.25, -0.2) is 15.0 Å². The van der Waals surface area contributed by atoms with Gasteiger partial charge in [0, 0.05) is 0 Å². The van der Waals surface area contributed by atoms with E-state index in [1.54, 1.807) is 23.5 Å². The smallest absolute Gasteiger partial charge is 0.315 e. The highest BCUT2D eigenvalue weighted by atomic mass is 16.5. The first-order valence-corrected chi connectivity index (χ1v) is 8.47. The standard InChI is InChI=1S/C17H24N6O4/c1-11(2)8-15(16(24)21-26)19-17(25)18-9-12-10-23(22-20-12)13-4-6-14(27-3)7-5-13/h4-7,10-11,15,26H,8-9H2,1-3H3,(H,21,24)(H2,18,19,25)/t15-/m0/s1. The number of methoxy groups -OCH3 is 1. The minimum Gasteiger partial charge on any atom is -0.497 e. The Bertz CT molecular complexity index is 759. The normalized spacial score (nSPS) is 11.7. The summed E-state index contributed by atoms with van der Waals surface area (Å²) in [4.78, 5) is 23.6. The van der Waals surface area contributed by atoms with Gasteiger partial charge in [-0.3, -0.25) is 10.0 Å². The lowest BCUT2D eigenvalue weighted by atomic mass is 10.0. The molecule has 146 valence electrons. The highest BCUT2D eigenvalue weighted by Gasteiger charge is 2.21. The number of hydrogen-bond donors (Lipinski definition) is 4. The quantitative estimate of drug-likeness (QED) is 0.402. The van der Waals surface area contributed by atoms with Gasteiger partial charge in [0.15, 0.2) is 0 Å². The van der Waals surface area contributed by atoms with E-state index < -0.39 is 18.0 Å². The first-order valence-electron chi connectivity index (χ1n) is 8.47. The lowest BCUT2D eigenvalue weighted by Crippen LogP contribution is -2.49. The van der Waals surface area contributed by atoms with Crippen LogP contribution in [0, 0.1) is 5.92 Å². The Morgan fingerprint density at radius 1 is 1.26 bits per heavy atom. The maximum atomic E-state index is 12.0. The molecule has 2 aromatic rings. The lowest BCUT2D eigenvalue weighted by Gasteiger charge is -2.18. The Morgan fingerprint density at radius 2 is 1.96 bits per heavy atom. The molecule has 10 heteroatoms. The van der Waals surface area contributed by atoms with Crippen molar-refractivity contribution in [2.75, 3.05) is 7.11 Å². The second-order valence-corrected chi connectivity index (χ2v) is 6.34. The van der Waals surface area contributed by atoms with Gasteiger partial charge in [-0.15, -0.1) is 5.10 Å². The number of carbonyl (C=O) groups is 2. The maximum absolute atomic E-state index is 12.0. The molecule has 0 aliphatic carbocycles. The van der Waals surface area contributed by atoms with Crippen LogP contribution in [0.1, 0.15) is 26.0 Å². The molecule has 1 aromatic carbocycles. The van der Waals surface area contributed by atoms with Gasteiger partial charge < -0.3 is 15.4 Å². The fraction of sp³-hybridized carbons (Fsp3) is 0.412. The van der Waals surface area contributed by atoms with E-state index >= 15 is 0 Å². The Hall–Kier alpha value is -3.14. The minimum absolute atomic E-state index is 0.136. The van der Waals surface area contributed by atoms with Crippen LogP contribution in [0.3, 0.4) is 0 Å². The summed E-state index contributed by atoms with van der Waals surface area (Å²) in [5, 5.41) is 22.0. The third-order valence-electron chi connectivity index (χ3n) is 3.75. The van der Waals surface area contributed by atoms with Crippen molar-refractivity contribution in [2.45, 2.75) is 32.9 Å². The number of nitrogens with one attached hydrogen (secondary N) is 3. The summed E-state index contributed by atoms with van der Waals surface area (Å²) in [6.07, 6.45) is 2.08. The van der Waals surface area contributed by atoms with E-state index in [-0.39, 0.29) is 12.5 Å². The molecule has 0 aliphatic heterocycles. The van der Waals surface area contributed by atoms with Crippen LogP contribution in [-0.4, -0.2) is 45.3 Å². The molecule has 1 atom stereocenters. The van der Waals surface area contributed by atoms with Crippen LogP contribution >= 0.6 is 0 Å². The molecule has 0 saturated carbocycles. The number of aromatic nitrogens is 3. The third-order valence-corrected chi connectivity index (χ3v) is 3.75. The number of hydroxylamine groups is 1. The lowest BCUT2D eigenvalue weighted by molar-refractivity contribution is -0.131. The van der Waals surface area contributed by atoms with E-state index in [0.29, 0.717) is 12.1 Å². The molecule has 3 amide bonds. The number of urea groups is 1. The fourth-order valence-electron chi connectivity index (χ4n) is 2.40. The van der Waals surface area contributed by atoms with E-state index in [1.165, 1.54) is 0 Å². The number of nitrogens with zero attached hydrogens (tertiary/aromatic N) is 3. The van der Waals surface area contributed by atoms with Gasteiger partial charge in [0.2, 0.25) is 0 Å². The Morgan fingerprint density at radius 3 is 2.56 bits per heavy atom. The Balaban J connectivity index is 1.91. The van der Waals surface area contributed by atoms with Gasteiger partial charge in [-0.2, -0.15) is 0 Å². The second-order valence-electron chi connectivity index (χ2n) is 6.34. The molecule has 1 aromatic heterocycles. The van der Waals surface area contributed by atoms with E-state index in [1.807, 2.05) is 38.1 Å². The van der Waals surface area contributed by atoms with Crippen LogP contribution in [0.15, 0.2) is 30.5 Å². The minimum atomic E-state index is -0.829. The van der Waals surface area contributed by atoms with E-state index in [4.69, 9.17) is 9.94 Å². The SMILES string of the molecule is COc1ccc(-n2cc(CNC(=O)N[C@@H](CC(C)C)C(=O)NO)nn2)cc1. The number of rotatable bonds is 8. The zero-order chi connectivity index (χ0) is 19.8. The van der Waals surface area contributed by atoms with Crippen LogP contribution < -0.4 is 20.9 Å². The Labute approximate surface area is 156 Å². The van der Waals surface area contributed by atoms with Crippen LogP contribution in [0.25, 0.3) is 5.69 Å². The molecule has 27 heavy (non-hydrogen) atoms. The number of carbonyl (C=O) groups excluding carboxylic acids is 2. The summed E-state index contributed by atoms with van der Waals surface area (Å²) in [6.45, 7) is 3.96. The van der Waals surface area contributed by atoms with Crippen molar-refractivity contribution < 1.29 is 19.5 Å². The van der Waals surface area contributed by atoms with Crippen molar-refractivity contribution in [3.8, 4) is 11.4 Å². The van der Waals surface area contributed by atoms with E-state index in [0.717, 1.165) is 11.4 Å². The van der Waals surface area contributed by atoms with Gasteiger partial charge in [0.1, 0.15) is 17.5 Å². The molecule has 0 unspecified atom stereocenters. The average molecular weight is 376 g/mol. The highest BCUT2D eigenvalue weighted by Crippen LogP contribution is 2.14. The summed E-state index contributed by atoms with van der Waals surface area (Å²) in [7, 11) is 1.59. The summed E-state index contributed by atoms with van der Waals surface area (Å²) < 4.78 is 6.69. The van der Waals surface area contributed by atoms with Crippen molar-refractivity contribution in [1.29, 1.82) is 0 Å². The number of benzene rings is 1. The number of hydrogen-bond acceptors (Lipinski definition) is 6. The van der Waals surface area contributed by atoms with Crippen LogP contribution in [0.4, 0.5) is 4.79 Å². The Kier molecular flexibility index (Phi) is 7.12. The molecule has 1 heterocycles. The molecule has 0 fully saturated rings. The first-order chi connectivity index (χ1) is 12.9. The van der Waals surface area contributed by atoms with Crippen LogP contribution in [-0.2, 0) is 11.3 Å². The molecule has 0 saturated heterocycles. The number of ether oxygens (including phenoxy) is 1. The van der Waals surface area contributed by atoms with E-state index in [2.05, 4.69) is 20.9 Å². The predicted molar refractivity (Wildman–Crippen MR) is 96.5 cm³/mol. The summed E-state index contributed by atoms with van der Waals surface area (Å²) in [5.74, 6) is 0.238. The highest BCUT2D eigenvalue weighted by molar-refractivity contribution is 5.86. The number of amides is 3. The van der Waals surface area contributed by atoms with Crippen molar-refractivity contribution in [3.63, 3.8) is 0 Å². The summed E-state index contributed by atoms with van der Waals surface area (Å²) >= 11 is 0. The predicted octanol–water partition coefficient (Wildman–Crippen LogP) is 0.995. The van der Waals surface area contributed by atoms with Crippen molar-refractivity contribution in [1.82, 2.24) is 31.1 Å². The molecule has 0 aliphatic rings. The van der Waals surface area contributed by atoms with Gasteiger partial charge >= 0.3 is 6.03 Å². The van der Waals surface area contributed by atoms with Gasteiger partial charge in [0.05, 0.1) is 25.5 Å². The average Bonchev–Trinajstić information content (AvgIpc) is 3.14. The molecule has 0 spiro atoms. The first kappa shape index (κ1) is 20.2. The summed E-state index contributed by atoms with van der Waals surface area (Å²) in [5.41, 5.74) is 2.91. The van der Waals surface area contributed by atoms with Gasteiger partial charge in [-0.05, 0) is 36.6 Å².